The Balaban J connectivity index is 2.26. The number of amides is 1. The van der Waals surface area contributed by atoms with Crippen molar-refractivity contribution in [1.82, 2.24) is 5.01 Å². The highest BCUT2D eigenvalue weighted by Gasteiger charge is 2.04. The number of rotatable bonds is 5. The number of carbonyl (C=O) groups excluding carboxylic acids is 1. The van der Waals surface area contributed by atoms with Crippen molar-refractivity contribution in [3.8, 4) is 5.75 Å². The van der Waals surface area contributed by atoms with Gasteiger partial charge in [0.25, 0.3) is 0 Å². The summed E-state index contributed by atoms with van der Waals surface area (Å²) in [5.74, 6) is 5.99. The van der Waals surface area contributed by atoms with Gasteiger partial charge in [-0.05, 0) is 34.5 Å². The molecule has 0 fully saturated rings. The van der Waals surface area contributed by atoms with E-state index in [9.17, 15) is 4.79 Å². The number of nitrogens with zero attached hydrogens (tertiary/aromatic N) is 1. The molecule has 2 N–H and O–H groups in total. The Hall–Kier alpha value is -1.07. The molecule has 0 aliphatic rings. The summed E-state index contributed by atoms with van der Waals surface area (Å²) < 4.78 is 6.42. The van der Waals surface area contributed by atoms with Crippen molar-refractivity contribution < 1.29 is 9.53 Å². The molecule has 0 radical (unpaired) electrons. The Morgan fingerprint density at radius 1 is 1.50 bits per heavy atom. The van der Waals surface area contributed by atoms with Crippen molar-refractivity contribution >= 4 is 21.8 Å². The zero-order valence-corrected chi connectivity index (χ0v) is 10.7. The molecule has 0 spiro atoms. The number of benzene rings is 1. The van der Waals surface area contributed by atoms with Crippen molar-refractivity contribution in [3.63, 3.8) is 0 Å². The number of halogens is 1. The van der Waals surface area contributed by atoms with Crippen LogP contribution in [-0.4, -0.2) is 24.6 Å². The first-order valence-corrected chi connectivity index (χ1v) is 5.79. The lowest BCUT2D eigenvalue weighted by Gasteiger charge is -2.10. The standard InChI is InChI=1S/C11H15BrN2O2/c1-14(13)11(15)7-4-8-16-10-6-3-2-5-9(10)12/h2-3,5-6H,4,7-8,13H2,1H3. The molecule has 5 heteroatoms. The minimum Gasteiger partial charge on any atom is -0.492 e. The summed E-state index contributed by atoms with van der Waals surface area (Å²) in [5, 5.41) is 1.10. The second-order valence-electron chi connectivity index (χ2n) is 3.39. The van der Waals surface area contributed by atoms with Gasteiger partial charge in [-0.25, -0.2) is 5.84 Å². The van der Waals surface area contributed by atoms with E-state index in [0.29, 0.717) is 19.4 Å². The highest BCUT2D eigenvalue weighted by Crippen LogP contribution is 2.23. The minimum atomic E-state index is -0.0873. The molecule has 0 heterocycles. The average molecular weight is 287 g/mol. The number of hydrogen-bond donors (Lipinski definition) is 1. The molecular formula is C11H15BrN2O2. The van der Waals surface area contributed by atoms with E-state index >= 15 is 0 Å². The number of para-hydroxylation sites is 1. The van der Waals surface area contributed by atoms with E-state index in [1.165, 1.54) is 7.05 Å². The summed E-state index contributed by atoms with van der Waals surface area (Å²) in [6, 6.07) is 7.61. The van der Waals surface area contributed by atoms with Gasteiger partial charge in [-0.1, -0.05) is 12.1 Å². The smallest absolute Gasteiger partial charge is 0.236 e. The molecule has 1 amide bonds. The molecule has 1 aromatic carbocycles. The summed E-state index contributed by atoms with van der Waals surface area (Å²) in [6.07, 6.45) is 1.05. The topological polar surface area (TPSA) is 55.6 Å². The maximum absolute atomic E-state index is 11.2. The molecule has 0 saturated heterocycles. The first kappa shape index (κ1) is 13.0. The summed E-state index contributed by atoms with van der Waals surface area (Å²) in [6.45, 7) is 0.502. The van der Waals surface area contributed by atoms with Crippen LogP contribution in [0.15, 0.2) is 28.7 Å². The third-order valence-electron chi connectivity index (χ3n) is 2.02. The van der Waals surface area contributed by atoms with Gasteiger partial charge in [-0.3, -0.25) is 9.80 Å². The second-order valence-corrected chi connectivity index (χ2v) is 4.24. The molecule has 1 aromatic rings. The first-order valence-electron chi connectivity index (χ1n) is 5.00. The van der Waals surface area contributed by atoms with E-state index in [2.05, 4.69) is 15.9 Å². The molecule has 0 aromatic heterocycles. The Morgan fingerprint density at radius 2 is 2.19 bits per heavy atom. The van der Waals surface area contributed by atoms with Crippen LogP contribution in [0.25, 0.3) is 0 Å². The lowest BCUT2D eigenvalue weighted by molar-refractivity contribution is -0.130. The van der Waals surface area contributed by atoms with E-state index in [1.807, 2.05) is 24.3 Å². The second kappa shape index (κ2) is 6.50. The van der Waals surface area contributed by atoms with Gasteiger partial charge in [0.2, 0.25) is 5.91 Å². The zero-order valence-electron chi connectivity index (χ0n) is 9.15. The van der Waals surface area contributed by atoms with Crippen LogP contribution in [0.3, 0.4) is 0 Å². The van der Waals surface area contributed by atoms with Gasteiger partial charge in [0.1, 0.15) is 5.75 Å². The van der Waals surface area contributed by atoms with Gasteiger partial charge in [-0.2, -0.15) is 0 Å². The molecule has 0 unspecified atom stereocenters. The fourth-order valence-corrected chi connectivity index (χ4v) is 1.54. The Kier molecular flexibility index (Phi) is 5.28. The Bertz CT molecular complexity index is 356. The molecular weight excluding hydrogens is 272 g/mol. The summed E-state index contributed by atoms with van der Waals surface area (Å²) in [4.78, 5) is 11.2. The molecule has 0 saturated carbocycles. The Morgan fingerprint density at radius 3 is 2.81 bits per heavy atom. The largest absolute Gasteiger partial charge is 0.492 e. The van der Waals surface area contributed by atoms with Crippen LogP contribution in [0.5, 0.6) is 5.75 Å². The van der Waals surface area contributed by atoms with Crippen LogP contribution in [-0.2, 0) is 4.79 Å². The normalized spacial score (nSPS) is 9.94. The van der Waals surface area contributed by atoms with Crippen molar-refractivity contribution in [1.29, 1.82) is 0 Å². The van der Waals surface area contributed by atoms with Crippen LogP contribution < -0.4 is 10.6 Å². The lowest BCUT2D eigenvalue weighted by atomic mass is 10.3. The maximum Gasteiger partial charge on any atom is 0.236 e. The van der Waals surface area contributed by atoms with Gasteiger partial charge in [0.05, 0.1) is 11.1 Å². The van der Waals surface area contributed by atoms with E-state index in [1.54, 1.807) is 0 Å². The van der Waals surface area contributed by atoms with Crippen molar-refractivity contribution in [2.24, 2.45) is 5.84 Å². The van der Waals surface area contributed by atoms with E-state index in [4.69, 9.17) is 10.6 Å². The number of hydrogen-bond acceptors (Lipinski definition) is 3. The van der Waals surface area contributed by atoms with Crippen molar-refractivity contribution in [2.75, 3.05) is 13.7 Å². The molecule has 0 aliphatic carbocycles. The van der Waals surface area contributed by atoms with E-state index in [0.717, 1.165) is 15.2 Å². The highest BCUT2D eigenvalue weighted by atomic mass is 79.9. The van der Waals surface area contributed by atoms with Crippen LogP contribution in [0.1, 0.15) is 12.8 Å². The Labute approximate surface area is 103 Å². The van der Waals surface area contributed by atoms with Crippen LogP contribution in [0, 0.1) is 0 Å². The average Bonchev–Trinajstić information content (AvgIpc) is 2.26. The highest BCUT2D eigenvalue weighted by molar-refractivity contribution is 9.10. The minimum absolute atomic E-state index is 0.0873. The zero-order chi connectivity index (χ0) is 12.0. The predicted molar refractivity (Wildman–Crippen MR) is 65.8 cm³/mol. The molecule has 4 nitrogen and oxygen atoms in total. The first-order chi connectivity index (χ1) is 7.61. The SMILES string of the molecule is CN(N)C(=O)CCCOc1ccccc1Br. The van der Waals surface area contributed by atoms with Crippen molar-refractivity contribution in [3.05, 3.63) is 28.7 Å². The quantitative estimate of drug-likeness (QED) is 0.390. The number of hydrazine groups is 1. The van der Waals surface area contributed by atoms with Crippen LogP contribution >= 0.6 is 15.9 Å². The molecule has 0 aliphatic heterocycles. The molecule has 0 atom stereocenters. The molecule has 1 rings (SSSR count). The predicted octanol–water partition coefficient (Wildman–Crippen LogP) is 1.94. The van der Waals surface area contributed by atoms with Crippen molar-refractivity contribution in [2.45, 2.75) is 12.8 Å². The van der Waals surface area contributed by atoms with Gasteiger partial charge >= 0.3 is 0 Å². The third kappa shape index (κ3) is 4.20. The van der Waals surface area contributed by atoms with Crippen LogP contribution in [0.4, 0.5) is 0 Å². The van der Waals surface area contributed by atoms with Gasteiger partial charge in [0, 0.05) is 13.5 Å². The summed E-state index contributed by atoms with van der Waals surface area (Å²) >= 11 is 3.38. The lowest BCUT2D eigenvalue weighted by Crippen LogP contribution is -2.33. The summed E-state index contributed by atoms with van der Waals surface area (Å²) in [5.41, 5.74) is 0. The third-order valence-corrected chi connectivity index (χ3v) is 2.68. The van der Waals surface area contributed by atoms with Gasteiger partial charge in [0.15, 0.2) is 0 Å². The molecule has 16 heavy (non-hydrogen) atoms. The van der Waals surface area contributed by atoms with E-state index in [-0.39, 0.29) is 5.91 Å². The van der Waals surface area contributed by atoms with Gasteiger partial charge < -0.3 is 4.74 Å². The van der Waals surface area contributed by atoms with Crippen LogP contribution in [0.2, 0.25) is 0 Å². The number of carbonyl (C=O) groups is 1. The fourth-order valence-electron chi connectivity index (χ4n) is 1.14. The molecule has 0 bridgehead atoms. The van der Waals surface area contributed by atoms with E-state index < -0.39 is 0 Å². The number of nitrogens with two attached hydrogens (primary N) is 1. The maximum atomic E-state index is 11.2. The number of ether oxygens (including phenoxy) is 1. The fraction of sp³-hybridized carbons (Fsp3) is 0.364. The van der Waals surface area contributed by atoms with Gasteiger partial charge in [-0.15, -0.1) is 0 Å². The monoisotopic (exact) mass is 286 g/mol. The molecule has 88 valence electrons. The summed E-state index contributed by atoms with van der Waals surface area (Å²) in [7, 11) is 1.54.